The van der Waals surface area contributed by atoms with E-state index in [2.05, 4.69) is 54.1 Å². The summed E-state index contributed by atoms with van der Waals surface area (Å²) >= 11 is 1.44. The third-order valence-electron chi connectivity index (χ3n) is 4.47. The molecule has 0 aliphatic heterocycles. The number of nitrogens with zero attached hydrogens (tertiary/aromatic N) is 2. The average molecular weight is 374 g/mol. The van der Waals surface area contributed by atoms with Crippen molar-refractivity contribution in [3.8, 4) is 0 Å². The van der Waals surface area contributed by atoms with Crippen LogP contribution in [0.5, 0.6) is 0 Å². The summed E-state index contributed by atoms with van der Waals surface area (Å²) in [6.07, 6.45) is 2.09. The van der Waals surface area contributed by atoms with E-state index in [1.165, 1.54) is 22.9 Å². The van der Waals surface area contributed by atoms with E-state index in [9.17, 15) is 10.1 Å². The van der Waals surface area contributed by atoms with Crippen LogP contribution in [-0.2, 0) is 6.54 Å². The van der Waals surface area contributed by atoms with Crippen molar-refractivity contribution >= 4 is 28.4 Å². The lowest BCUT2D eigenvalue weighted by atomic mass is 10.1. The van der Waals surface area contributed by atoms with Crippen LogP contribution in [0.4, 0.5) is 5.69 Å². The van der Waals surface area contributed by atoms with Crippen molar-refractivity contribution in [1.82, 2.24) is 4.57 Å². The predicted octanol–water partition coefficient (Wildman–Crippen LogP) is 6.06. The van der Waals surface area contributed by atoms with Gasteiger partial charge in [-0.1, -0.05) is 71.9 Å². The number of benzene rings is 3. The number of para-hydroxylation sites is 2. The van der Waals surface area contributed by atoms with E-state index >= 15 is 0 Å². The van der Waals surface area contributed by atoms with Gasteiger partial charge in [0.25, 0.3) is 5.69 Å². The maximum absolute atomic E-state index is 11.3. The summed E-state index contributed by atoms with van der Waals surface area (Å²) in [5.74, 6) is 0. The van der Waals surface area contributed by atoms with Crippen LogP contribution in [0.2, 0.25) is 0 Å². The summed E-state index contributed by atoms with van der Waals surface area (Å²) < 4.78 is 2.21. The van der Waals surface area contributed by atoms with Gasteiger partial charge in [-0.3, -0.25) is 10.1 Å². The van der Waals surface area contributed by atoms with Crippen LogP contribution < -0.4 is 0 Å². The molecular weight excluding hydrogens is 356 g/mol. The number of aromatic nitrogens is 1. The lowest BCUT2D eigenvalue weighted by Crippen LogP contribution is -1.97. The molecule has 0 spiro atoms. The Hall–Kier alpha value is -3.05. The number of fused-ring (bicyclic) bond motifs is 1. The van der Waals surface area contributed by atoms with Crippen molar-refractivity contribution in [3.05, 3.63) is 100 Å². The highest BCUT2D eigenvalue weighted by atomic mass is 32.2. The van der Waals surface area contributed by atoms with E-state index < -0.39 is 0 Å². The molecule has 134 valence electrons. The van der Waals surface area contributed by atoms with Crippen LogP contribution in [0.3, 0.4) is 0 Å². The fourth-order valence-corrected chi connectivity index (χ4v) is 4.34. The highest BCUT2D eigenvalue weighted by Gasteiger charge is 2.16. The first-order chi connectivity index (χ1) is 13.1. The second-order valence-electron chi connectivity index (χ2n) is 6.45. The molecule has 4 rings (SSSR count). The van der Waals surface area contributed by atoms with Crippen molar-refractivity contribution in [3.63, 3.8) is 0 Å². The molecule has 0 N–H and O–H groups in total. The Morgan fingerprint density at radius 3 is 2.56 bits per heavy atom. The molecule has 1 aromatic heterocycles. The number of nitro groups is 1. The molecule has 0 bridgehead atoms. The minimum Gasteiger partial charge on any atom is -0.342 e. The average Bonchev–Trinajstić information content (AvgIpc) is 3.00. The van der Waals surface area contributed by atoms with Crippen molar-refractivity contribution < 1.29 is 4.92 Å². The van der Waals surface area contributed by atoms with Crippen molar-refractivity contribution in [2.45, 2.75) is 23.3 Å². The monoisotopic (exact) mass is 374 g/mol. The van der Waals surface area contributed by atoms with Crippen LogP contribution >= 0.6 is 11.8 Å². The fraction of sp³-hybridized carbons (Fsp3) is 0.0909. The molecule has 0 fully saturated rings. The molecular formula is C22H18N2O2S. The molecule has 0 unspecified atom stereocenters. The zero-order valence-electron chi connectivity index (χ0n) is 14.8. The first-order valence-corrected chi connectivity index (χ1v) is 9.48. The fourth-order valence-electron chi connectivity index (χ4n) is 3.25. The van der Waals surface area contributed by atoms with Crippen LogP contribution in [0.15, 0.2) is 88.8 Å². The summed E-state index contributed by atoms with van der Waals surface area (Å²) in [5.41, 5.74) is 3.73. The van der Waals surface area contributed by atoms with Crippen molar-refractivity contribution in [2.75, 3.05) is 0 Å². The van der Waals surface area contributed by atoms with E-state index in [0.717, 1.165) is 22.3 Å². The molecule has 4 nitrogen and oxygen atoms in total. The van der Waals surface area contributed by atoms with E-state index in [1.807, 2.05) is 18.2 Å². The summed E-state index contributed by atoms with van der Waals surface area (Å²) in [4.78, 5) is 12.7. The Morgan fingerprint density at radius 2 is 1.74 bits per heavy atom. The van der Waals surface area contributed by atoms with Gasteiger partial charge in [-0.15, -0.1) is 0 Å². The number of hydrogen-bond donors (Lipinski definition) is 0. The molecule has 0 aliphatic rings. The first kappa shape index (κ1) is 17.4. The molecule has 0 saturated carbocycles. The minimum atomic E-state index is -0.325. The molecule has 0 radical (unpaired) electrons. The summed E-state index contributed by atoms with van der Waals surface area (Å²) in [6, 6.07) is 23.5. The zero-order valence-corrected chi connectivity index (χ0v) is 15.6. The summed E-state index contributed by atoms with van der Waals surface area (Å²) in [7, 11) is 0. The van der Waals surface area contributed by atoms with Crippen LogP contribution in [-0.4, -0.2) is 9.49 Å². The third-order valence-corrected chi connectivity index (χ3v) is 5.58. The second kappa shape index (κ2) is 7.29. The van der Waals surface area contributed by atoms with Gasteiger partial charge in [0, 0.05) is 34.6 Å². The van der Waals surface area contributed by atoms with Crippen LogP contribution in [0.1, 0.15) is 11.1 Å². The van der Waals surface area contributed by atoms with Crippen LogP contribution in [0, 0.1) is 17.0 Å². The normalized spacial score (nSPS) is 11.0. The Balaban J connectivity index is 1.75. The summed E-state index contributed by atoms with van der Waals surface area (Å²) in [5, 5.41) is 12.4. The SMILES string of the molecule is Cc1cccc(Cn2cc(Sc3ccccc3[N+](=O)[O-])c3ccccc32)c1. The van der Waals surface area contributed by atoms with Gasteiger partial charge in [0.15, 0.2) is 0 Å². The maximum Gasteiger partial charge on any atom is 0.283 e. The van der Waals surface area contributed by atoms with Gasteiger partial charge in [0.2, 0.25) is 0 Å². The number of rotatable bonds is 5. The Bertz CT molecular complexity index is 1130. The van der Waals surface area contributed by atoms with Gasteiger partial charge in [-0.2, -0.15) is 0 Å². The zero-order chi connectivity index (χ0) is 18.8. The molecule has 1 heterocycles. The van der Waals surface area contributed by atoms with Gasteiger partial charge in [-0.05, 0) is 24.6 Å². The Morgan fingerprint density at radius 1 is 0.963 bits per heavy atom. The Kier molecular flexibility index (Phi) is 4.69. The molecule has 27 heavy (non-hydrogen) atoms. The Labute approximate surface area is 161 Å². The maximum atomic E-state index is 11.3. The van der Waals surface area contributed by atoms with Gasteiger partial charge >= 0.3 is 0 Å². The molecule has 0 saturated heterocycles. The topological polar surface area (TPSA) is 48.1 Å². The molecule has 0 atom stereocenters. The minimum absolute atomic E-state index is 0.137. The number of nitro benzene ring substituents is 1. The van der Waals surface area contributed by atoms with E-state index in [0.29, 0.717) is 4.90 Å². The first-order valence-electron chi connectivity index (χ1n) is 8.66. The summed E-state index contributed by atoms with van der Waals surface area (Å²) in [6.45, 7) is 2.85. The highest BCUT2D eigenvalue weighted by molar-refractivity contribution is 7.99. The van der Waals surface area contributed by atoms with E-state index in [-0.39, 0.29) is 10.6 Å². The largest absolute Gasteiger partial charge is 0.342 e. The standard InChI is InChI=1S/C22H18N2O2S/c1-16-7-6-8-17(13-16)14-23-15-22(18-9-2-3-10-19(18)23)27-21-12-5-4-11-20(21)24(25)26/h2-13,15H,14H2,1H3. The van der Waals surface area contributed by atoms with Crippen molar-refractivity contribution in [2.24, 2.45) is 0 Å². The van der Waals surface area contributed by atoms with Gasteiger partial charge in [-0.25, -0.2) is 0 Å². The van der Waals surface area contributed by atoms with Crippen LogP contribution in [0.25, 0.3) is 10.9 Å². The lowest BCUT2D eigenvalue weighted by Gasteiger charge is -2.06. The number of hydrogen-bond acceptors (Lipinski definition) is 3. The molecule has 3 aromatic carbocycles. The third kappa shape index (κ3) is 3.59. The van der Waals surface area contributed by atoms with Crippen molar-refractivity contribution in [1.29, 1.82) is 0 Å². The van der Waals surface area contributed by atoms with Gasteiger partial charge in [0.05, 0.1) is 9.82 Å². The molecule has 0 amide bonds. The lowest BCUT2D eigenvalue weighted by molar-refractivity contribution is -0.387. The molecule has 5 heteroatoms. The van der Waals surface area contributed by atoms with E-state index in [1.54, 1.807) is 18.2 Å². The quantitative estimate of drug-likeness (QED) is 0.315. The highest BCUT2D eigenvalue weighted by Crippen LogP contribution is 2.39. The smallest absolute Gasteiger partial charge is 0.283 e. The van der Waals surface area contributed by atoms with E-state index in [4.69, 9.17) is 0 Å². The molecule has 4 aromatic rings. The number of aryl methyl sites for hydroxylation is 1. The second-order valence-corrected chi connectivity index (χ2v) is 7.54. The molecule has 0 aliphatic carbocycles. The van der Waals surface area contributed by atoms with Gasteiger partial charge in [0.1, 0.15) is 0 Å². The predicted molar refractivity (Wildman–Crippen MR) is 109 cm³/mol. The van der Waals surface area contributed by atoms with Gasteiger partial charge < -0.3 is 4.57 Å².